The molecular formula is C11H16N2O2S. The van der Waals surface area contributed by atoms with E-state index >= 15 is 0 Å². The fraction of sp³-hybridized carbons (Fsp3) is 0.545. The van der Waals surface area contributed by atoms with E-state index in [-0.39, 0.29) is 12.1 Å². The van der Waals surface area contributed by atoms with Crippen LogP contribution in [0.4, 0.5) is 0 Å². The highest BCUT2D eigenvalue weighted by Gasteiger charge is 2.26. The molecule has 0 radical (unpaired) electrons. The Morgan fingerprint density at radius 1 is 1.69 bits per heavy atom. The molecule has 1 aromatic rings. The summed E-state index contributed by atoms with van der Waals surface area (Å²) in [5.74, 6) is 2.69. The van der Waals surface area contributed by atoms with Gasteiger partial charge in [-0.3, -0.25) is 4.98 Å². The van der Waals surface area contributed by atoms with E-state index in [1.807, 2.05) is 23.9 Å². The molecule has 16 heavy (non-hydrogen) atoms. The van der Waals surface area contributed by atoms with Crippen LogP contribution in [0.3, 0.4) is 0 Å². The van der Waals surface area contributed by atoms with Crippen LogP contribution < -0.4 is 10.5 Å². The molecule has 1 aliphatic rings. The summed E-state index contributed by atoms with van der Waals surface area (Å²) < 4.78 is 10.9. The zero-order chi connectivity index (χ0) is 11.4. The predicted molar refractivity (Wildman–Crippen MR) is 64.8 cm³/mol. The van der Waals surface area contributed by atoms with Gasteiger partial charge in [0, 0.05) is 17.7 Å². The first-order valence-electron chi connectivity index (χ1n) is 5.26. The Morgan fingerprint density at radius 3 is 3.25 bits per heavy atom. The normalized spacial score (nSPS) is 22.8. The van der Waals surface area contributed by atoms with E-state index in [0.29, 0.717) is 0 Å². The Hall–Kier alpha value is -0.780. The summed E-state index contributed by atoms with van der Waals surface area (Å²) in [5, 5.41) is 0. The number of ether oxygens (including phenoxy) is 2. The van der Waals surface area contributed by atoms with Crippen LogP contribution in [0.2, 0.25) is 0 Å². The smallest absolute Gasteiger partial charge is 0.142 e. The number of methoxy groups -OCH3 is 1. The fourth-order valence-corrected chi connectivity index (χ4v) is 2.63. The Kier molecular flexibility index (Phi) is 4.04. The molecular weight excluding hydrogens is 224 g/mol. The molecule has 1 saturated heterocycles. The number of pyridine rings is 1. The molecule has 0 bridgehead atoms. The molecule has 0 spiro atoms. The Balaban J connectivity index is 2.15. The number of nitrogens with two attached hydrogens (primary N) is 1. The summed E-state index contributed by atoms with van der Waals surface area (Å²) in [7, 11) is 1.63. The van der Waals surface area contributed by atoms with Gasteiger partial charge in [0.15, 0.2) is 0 Å². The lowest BCUT2D eigenvalue weighted by Crippen LogP contribution is -2.35. The zero-order valence-corrected chi connectivity index (χ0v) is 10.1. The van der Waals surface area contributed by atoms with Gasteiger partial charge in [-0.15, -0.1) is 0 Å². The fourth-order valence-electron chi connectivity index (χ4n) is 1.72. The summed E-state index contributed by atoms with van der Waals surface area (Å²) >= 11 is 1.87. The molecule has 5 heteroatoms. The van der Waals surface area contributed by atoms with Gasteiger partial charge in [0.1, 0.15) is 11.4 Å². The third kappa shape index (κ3) is 2.48. The maximum atomic E-state index is 6.17. The number of rotatable bonds is 3. The Bertz CT molecular complexity index is 343. The molecule has 2 unspecified atom stereocenters. The lowest BCUT2D eigenvalue weighted by Gasteiger charge is -2.27. The van der Waals surface area contributed by atoms with E-state index < -0.39 is 0 Å². The first-order chi connectivity index (χ1) is 7.83. The second kappa shape index (κ2) is 5.52. The van der Waals surface area contributed by atoms with Gasteiger partial charge in [-0.1, -0.05) is 0 Å². The summed E-state index contributed by atoms with van der Waals surface area (Å²) in [5.41, 5.74) is 6.94. The van der Waals surface area contributed by atoms with Gasteiger partial charge in [0.2, 0.25) is 0 Å². The second-order valence-corrected chi connectivity index (χ2v) is 4.75. The highest BCUT2D eigenvalue weighted by Crippen LogP contribution is 2.27. The van der Waals surface area contributed by atoms with Crippen LogP contribution in [0, 0.1) is 0 Å². The molecule has 1 aromatic heterocycles. The van der Waals surface area contributed by atoms with E-state index in [9.17, 15) is 0 Å². The van der Waals surface area contributed by atoms with Crippen molar-refractivity contribution in [1.82, 2.24) is 4.98 Å². The molecule has 2 rings (SSSR count). The predicted octanol–water partition coefficient (Wildman–Crippen LogP) is 1.22. The van der Waals surface area contributed by atoms with Crippen molar-refractivity contribution in [1.29, 1.82) is 0 Å². The number of aromatic nitrogens is 1. The highest BCUT2D eigenvalue weighted by molar-refractivity contribution is 7.99. The van der Waals surface area contributed by atoms with Crippen LogP contribution in [0.1, 0.15) is 11.7 Å². The number of thioether (sulfide) groups is 1. The van der Waals surface area contributed by atoms with E-state index in [1.54, 1.807) is 13.3 Å². The second-order valence-electron chi connectivity index (χ2n) is 3.60. The molecule has 88 valence electrons. The van der Waals surface area contributed by atoms with Crippen molar-refractivity contribution in [3.63, 3.8) is 0 Å². The van der Waals surface area contributed by atoms with Crippen molar-refractivity contribution in [2.24, 2.45) is 5.73 Å². The number of hydrogen-bond donors (Lipinski definition) is 1. The standard InChI is InChI=1S/C11H16N2O2S/c1-14-8-3-2-4-13-11(8)10(12)9-7-16-6-5-15-9/h2-4,9-10H,5-7,12H2,1H3. The number of hydrogen-bond acceptors (Lipinski definition) is 5. The van der Waals surface area contributed by atoms with Gasteiger partial charge in [-0.05, 0) is 12.1 Å². The van der Waals surface area contributed by atoms with Crippen LogP contribution in [0.5, 0.6) is 5.75 Å². The molecule has 4 nitrogen and oxygen atoms in total. The average molecular weight is 240 g/mol. The lowest BCUT2D eigenvalue weighted by molar-refractivity contribution is 0.0553. The van der Waals surface area contributed by atoms with Crippen molar-refractivity contribution in [2.45, 2.75) is 12.1 Å². The van der Waals surface area contributed by atoms with Crippen molar-refractivity contribution in [2.75, 3.05) is 25.2 Å². The van der Waals surface area contributed by atoms with E-state index in [0.717, 1.165) is 29.6 Å². The summed E-state index contributed by atoms with van der Waals surface area (Å²) in [6, 6.07) is 3.49. The van der Waals surface area contributed by atoms with Crippen LogP contribution >= 0.6 is 11.8 Å². The summed E-state index contributed by atoms with van der Waals surface area (Å²) in [6.07, 6.45) is 1.76. The quantitative estimate of drug-likeness (QED) is 0.861. The Morgan fingerprint density at radius 2 is 2.56 bits per heavy atom. The monoisotopic (exact) mass is 240 g/mol. The minimum absolute atomic E-state index is 0.0301. The summed E-state index contributed by atoms with van der Waals surface area (Å²) in [4.78, 5) is 4.29. The van der Waals surface area contributed by atoms with Gasteiger partial charge in [-0.25, -0.2) is 0 Å². The van der Waals surface area contributed by atoms with Crippen molar-refractivity contribution in [3.05, 3.63) is 24.0 Å². The largest absolute Gasteiger partial charge is 0.495 e. The van der Waals surface area contributed by atoms with Crippen LogP contribution in [0.15, 0.2) is 18.3 Å². The Labute approximate surface area is 99.5 Å². The molecule has 0 amide bonds. The van der Waals surface area contributed by atoms with Gasteiger partial charge in [0.05, 0.1) is 25.9 Å². The highest BCUT2D eigenvalue weighted by atomic mass is 32.2. The molecule has 2 atom stereocenters. The lowest BCUT2D eigenvalue weighted by atomic mass is 10.1. The SMILES string of the molecule is COc1cccnc1C(N)C1CSCCO1. The van der Waals surface area contributed by atoms with Gasteiger partial charge in [-0.2, -0.15) is 11.8 Å². The third-order valence-corrected chi connectivity index (χ3v) is 3.60. The maximum Gasteiger partial charge on any atom is 0.142 e. The average Bonchev–Trinajstić information content (AvgIpc) is 2.39. The van der Waals surface area contributed by atoms with Crippen molar-refractivity contribution in [3.8, 4) is 5.75 Å². The van der Waals surface area contributed by atoms with Crippen molar-refractivity contribution >= 4 is 11.8 Å². The maximum absolute atomic E-state index is 6.17. The molecule has 0 aliphatic carbocycles. The summed E-state index contributed by atoms with van der Waals surface area (Å²) in [6.45, 7) is 0.762. The number of nitrogens with zero attached hydrogens (tertiary/aromatic N) is 1. The van der Waals surface area contributed by atoms with Crippen LogP contribution in [-0.2, 0) is 4.74 Å². The van der Waals surface area contributed by atoms with Gasteiger partial charge < -0.3 is 15.2 Å². The van der Waals surface area contributed by atoms with E-state index in [1.165, 1.54) is 0 Å². The first-order valence-corrected chi connectivity index (χ1v) is 6.42. The zero-order valence-electron chi connectivity index (χ0n) is 9.26. The molecule has 1 aliphatic heterocycles. The van der Waals surface area contributed by atoms with Gasteiger partial charge in [0.25, 0.3) is 0 Å². The van der Waals surface area contributed by atoms with Crippen LogP contribution in [0.25, 0.3) is 0 Å². The minimum Gasteiger partial charge on any atom is -0.495 e. The first kappa shape index (κ1) is 11.7. The molecule has 2 heterocycles. The van der Waals surface area contributed by atoms with Gasteiger partial charge >= 0.3 is 0 Å². The van der Waals surface area contributed by atoms with E-state index in [4.69, 9.17) is 15.2 Å². The van der Waals surface area contributed by atoms with Crippen LogP contribution in [-0.4, -0.2) is 36.3 Å². The minimum atomic E-state index is -0.219. The van der Waals surface area contributed by atoms with Crippen molar-refractivity contribution < 1.29 is 9.47 Å². The molecule has 1 fully saturated rings. The molecule has 2 N–H and O–H groups in total. The third-order valence-electron chi connectivity index (χ3n) is 2.58. The molecule has 0 aromatic carbocycles. The van der Waals surface area contributed by atoms with E-state index in [2.05, 4.69) is 4.98 Å². The molecule has 0 saturated carbocycles. The topological polar surface area (TPSA) is 57.4 Å².